The Bertz CT molecular complexity index is 1370. The molecule has 0 saturated carbocycles. The molecule has 0 unspecified atom stereocenters. The lowest BCUT2D eigenvalue weighted by molar-refractivity contribution is -0.166. The van der Waals surface area contributed by atoms with Gasteiger partial charge in [-0.05, 0) is 56.2 Å². The fourth-order valence-corrected chi connectivity index (χ4v) is 5.65. The molecular formula is C26H25BrN2O6. The Morgan fingerprint density at radius 3 is 2.71 bits per heavy atom. The molecule has 3 atom stereocenters. The Morgan fingerprint density at radius 2 is 2.00 bits per heavy atom. The number of nitrogens with one attached hydrogen (secondary N) is 1. The molecule has 35 heavy (non-hydrogen) atoms. The number of carbonyl (C=O) groups is 3. The number of esters is 1. The topological polar surface area (TPSA) is 107 Å². The number of aliphatic hydroxyl groups is 1. The van der Waals surface area contributed by atoms with Crippen molar-refractivity contribution in [1.82, 2.24) is 4.57 Å². The van der Waals surface area contributed by atoms with Gasteiger partial charge in [-0.1, -0.05) is 34.1 Å². The Balaban J connectivity index is 1.77. The van der Waals surface area contributed by atoms with Gasteiger partial charge in [0, 0.05) is 27.7 Å². The van der Waals surface area contributed by atoms with Crippen LogP contribution in [0.3, 0.4) is 0 Å². The third kappa shape index (κ3) is 3.73. The number of rotatable bonds is 2. The van der Waals surface area contributed by atoms with Gasteiger partial charge in [0.2, 0.25) is 5.91 Å². The summed E-state index contributed by atoms with van der Waals surface area (Å²) in [5.41, 5.74) is 0.407. The van der Waals surface area contributed by atoms with Crippen molar-refractivity contribution >= 4 is 50.5 Å². The molecule has 3 heterocycles. The minimum atomic E-state index is -1.33. The van der Waals surface area contributed by atoms with Crippen LogP contribution >= 0.6 is 15.9 Å². The SMILES string of the molecule is CC(C)(C)OC(=O)n1cc([C@@H]2[C@@H](CO)OC(=O)C[C@@]23C(=O)Nc2ccc(Br)cc23)c2ccccc21. The highest BCUT2D eigenvalue weighted by Crippen LogP contribution is 2.55. The summed E-state index contributed by atoms with van der Waals surface area (Å²) in [5.74, 6) is -1.67. The van der Waals surface area contributed by atoms with Crippen LogP contribution < -0.4 is 5.32 Å². The van der Waals surface area contributed by atoms with E-state index in [4.69, 9.17) is 9.47 Å². The molecule has 0 aliphatic carbocycles. The van der Waals surface area contributed by atoms with Crippen LogP contribution in [0.1, 0.15) is 44.2 Å². The Hall–Kier alpha value is -3.17. The molecule has 1 amide bonds. The molecule has 5 rings (SSSR count). The smallest absolute Gasteiger partial charge is 0.419 e. The van der Waals surface area contributed by atoms with Crippen molar-refractivity contribution in [3.8, 4) is 0 Å². The number of halogens is 1. The molecule has 3 aromatic rings. The van der Waals surface area contributed by atoms with Crippen molar-refractivity contribution in [3.63, 3.8) is 0 Å². The first-order valence-electron chi connectivity index (χ1n) is 11.3. The van der Waals surface area contributed by atoms with E-state index in [2.05, 4.69) is 21.2 Å². The summed E-state index contributed by atoms with van der Waals surface area (Å²) in [4.78, 5) is 39.5. The third-order valence-electron chi connectivity index (χ3n) is 6.57. The summed E-state index contributed by atoms with van der Waals surface area (Å²) in [6.07, 6.45) is -0.128. The molecule has 1 spiro atoms. The van der Waals surface area contributed by atoms with Gasteiger partial charge < -0.3 is 19.9 Å². The van der Waals surface area contributed by atoms with E-state index in [1.165, 1.54) is 4.57 Å². The van der Waals surface area contributed by atoms with Crippen LogP contribution in [-0.4, -0.2) is 46.0 Å². The number of hydrogen-bond acceptors (Lipinski definition) is 6. The summed E-state index contributed by atoms with van der Waals surface area (Å²) in [6.45, 7) is 4.87. The molecule has 182 valence electrons. The van der Waals surface area contributed by atoms with Gasteiger partial charge in [0.25, 0.3) is 0 Å². The lowest BCUT2D eigenvalue weighted by atomic mass is 9.63. The molecule has 1 saturated heterocycles. The van der Waals surface area contributed by atoms with E-state index in [-0.39, 0.29) is 12.3 Å². The first kappa shape index (κ1) is 23.6. The van der Waals surface area contributed by atoms with Gasteiger partial charge in [-0.15, -0.1) is 0 Å². The summed E-state index contributed by atoms with van der Waals surface area (Å²) in [7, 11) is 0. The van der Waals surface area contributed by atoms with Crippen molar-refractivity contribution in [2.24, 2.45) is 0 Å². The summed E-state index contributed by atoms with van der Waals surface area (Å²) in [6, 6.07) is 12.7. The summed E-state index contributed by atoms with van der Waals surface area (Å²) >= 11 is 3.48. The molecule has 0 bridgehead atoms. The van der Waals surface area contributed by atoms with Gasteiger partial charge in [-0.3, -0.25) is 14.2 Å². The van der Waals surface area contributed by atoms with Crippen molar-refractivity contribution in [2.45, 2.75) is 50.2 Å². The molecule has 9 heteroatoms. The minimum Gasteiger partial charge on any atom is -0.459 e. The molecule has 0 radical (unpaired) electrons. The van der Waals surface area contributed by atoms with E-state index < -0.39 is 41.7 Å². The van der Waals surface area contributed by atoms with E-state index in [0.29, 0.717) is 27.7 Å². The maximum atomic E-state index is 13.7. The number of amides is 1. The number of carbonyl (C=O) groups excluding carboxylic acids is 3. The molecule has 1 fully saturated rings. The second-order valence-electron chi connectivity index (χ2n) is 9.93. The Morgan fingerprint density at radius 1 is 1.26 bits per heavy atom. The van der Waals surface area contributed by atoms with Crippen molar-refractivity contribution in [1.29, 1.82) is 0 Å². The number of aromatic nitrogens is 1. The third-order valence-corrected chi connectivity index (χ3v) is 7.07. The van der Waals surface area contributed by atoms with Crippen LogP contribution in [0.4, 0.5) is 10.5 Å². The van der Waals surface area contributed by atoms with Crippen LogP contribution in [0.2, 0.25) is 0 Å². The van der Waals surface area contributed by atoms with Crippen LogP contribution in [0.15, 0.2) is 53.1 Å². The average molecular weight is 541 g/mol. The molecule has 2 aliphatic heterocycles. The molecule has 8 nitrogen and oxygen atoms in total. The Labute approximate surface area is 210 Å². The van der Waals surface area contributed by atoms with Crippen LogP contribution in [0.25, 0.3) is 10.9 Å². The molecule has 2 N–H and O–H groups in total. The largest absolute Gasteiger partial charge is 0.459 e. The summed E-state index contributed by atoms with van der Waals surface area (Å²) < 4.78 is 13.4. The van der Waals surface area contributed by atoms with Crippen molar-refractivity contribution in [3.05, 3.63) is 64.3 Å². The van der Waals surface area contributed by atoms with Gasteiger partial charge in [-0.2, -0.15) is 0 Å². The number of cyclic esters (lactones) is 1. The number of para-hydroxylation sites is 1. The predicted octanol–water partition coefficient (Wildman–Crippen LogP) is 4.47. The van der Waals surface area contributed by atoms with E-state index in [1.54, 1.807) is 39.1 Å². The van der Waals surface area contributed by atoms with E-state index in [9.17, 15) is 19.5 Å². The second-order valence-corrected chi connectivity index (χ2v) is 10.8. The van der Waals surface area contributed by atoms with E-state index in [0.717, 1.165) is 4.47 Å². The quantitative estimate of drug-likeness (QED) is 0.464. The monoisotopic (exact) mass is 540 g/mol. The highest BCUT2D eigenvalue weighted by molar-refractivity contribution is 9.10. The number of anilines is 1. The van der Waals surface area contributed by atoms with Crippen LogP contribution in [0, 0.1) is 0 Å². The molecule has 2 aromatic carbocycles. The first-order chi connectivity index (χ1) is 16.5. The Kier molecular flexibility index (Phi) is 5.52. The minimum absolute atomic E-state index is 0.199. The zero-order chi connectivity index (χ0) is 25.1. The number of aliphatic hydroxyl groups excluding tert-OH is 1. The van der Waals surface area contributed by atoms with Crippen LogP contribution in [-0.2, 0) is 24.5 Å². The first-order valence-corrected chi connectivity index (χ1v) is 12.1. The number of nitrogens with zero attached hydrogens (tertiary/aromatic N) is 1. The fourth-order valence-electron chi connectivity index (χ4n) is 5.29. The maximum absolute atomic E-state index is 13.7. The van der Waals surface area contributed by atoms with E-state index in [1.807, 2.05) is 30.3 Å². The summed E-state index contributed by atoms with van der Waals surface area (Å²) in [5, 5.41) is 13.9. The van der Waals surface area contributed by atoms with Gasteiger partial charge in [0.05, 0.1) is 24.0 Å². The number of fused-ring (bicyclic) bond motifs is 3. The highest BCUT2D eigenvalue weighted by atomic mass is 79.9. The van der Waals surface area contributed by atoms with Gasteiger partial charge >= 0.3 is 12.1 Å². The van der Waals surface area contributed by atoms with E-state index >= 15 is 0 Å². The molecule has 2 aliphatic rings. The zero-order valence-electron chi connectivity index (χ0n) is 19.5. The molecule has 1 aromatic heterocycles. The second kappa shape index (κ2) is 8.20. The molecular weight excluding hydrogens is 516 g/mol. The zero-order valence-corrected chi connectivity index (χ0v) is 21.1. The number of ether oxygens (including phenoxy) is 2. The van der Waals surface area contributed by atoms with Crippen molar-refractivity contribution in [2.75, 3.05) is 11.9 Å². The normalized spacial score (nSPS) is 23.8. The fraction of sp³-hybridized carbons (Fsp3) is 0.346. The van der Waals surface area contributed by atoms with Crippen LogP contribution in [0.5, 0.6) is 0 Å². The number of hydrogen-bond donors (Lipinski definition) is 2. The lowest BCUT2D eigenvalue weighted by Gasteiger charge is -2.43. The van der Waals surface area contributed by atoms with Crippen molar-refractivity contribution < 1.29 is 29.0 Å². The standard InChI is InChI=1S/C26H25BrN2O6/c1-25(2,3)35-24(33)29-12-16(15-6-4-5-7-19(15)29)22-20(13-30)34-21(31)11-26(22)17-10-14(27)8-9-18(17)28-23(26)32/h4-10,12,20,22,30H,11,13H2,1-3H3,(H,28,32)/t20-,22-,26+/m1/s1. The predicted molar refractivity (Wildman–Crippen MR) is 132 cm³/mol. The van der Waals surface area contributed by atoms with Gasteiger partial charge in [-0.25, -0.2) is 4.79 Å². The lowest BCUT2D eigenvalue weighted by Crippen LogP contribution is -2.53. The van der Waals surface area contributed by atoms with Gasteiger partial charge in [0.1, 0.15) is 11.7 Å². The average Bonchev–Trinajstić information content (AvgIpc) is 3.29. The highest BCUT2D eigenvalue weighted by Gasteiger charge is 2.60. The van der Waals surface area contributed by atoms with Gasteiger partial charge in [0.15, 0.2) is 0 Å². The number of benzene rings is 2. The maximum Gasteiger partial charge on any atom is 0.419 e.